The van der Waals surface area contributed by atoms with Crippen molar-refractivity contribution in [1.29, 1.82) is 0 Å². The largest absolute Gasteiger partial charge is 0.334 e. The average molecular weight is 405 g/mol. The van der Waals surface area contributed by atoms with Gasteiger partial charge in [-0.05, 0) is 43.0 Å². The number of carbonyl (C=O) groups is 2. The molecule has 0 radical (unpaired) electrons. The monoisotopic (exact) mass is 404 g/mol. The summed E-state index contributed by atoms with van der Waals surface area (Å²) in [6.45, 7) is 3.38. The predicted molar refractivity (Wildman–Crippen MR) is 107 cm³/mol. The van der Waals surface area contributed by atoms with E-state index in [4.69, 9.17) is 11.6 Å². The second-order valence-corrected chi connectivity index (χ2v) is 8.53. The van der Waals surface area contributed by atoms with Crippen LogP contribution in [0.3, 0.4) is 0 Å². The highest BCUT2D eigenvalue weighted by atomic mass is 35.5. The third-order valence-corrected chi connectivity index (χ3v) is 6.22. The molecule has 1 N–H and O–H groups in total. The molecule has 1 aromatic heterocycles. The van der Waals surface area contributed by atoms with E-state index in [1.54, 1.807) is 33.5 Å². The molecule has 142 valence electrons. The molecule has 0 bridgehead atoms. The second-order valence-electron chi connectivity index (χ2n) is 7.11. The number of carbonyl (C=O) groups excluding carboxylic acids is 2. The van der Waals surface area contributed by atoms with Gasteiger partial charge in [-0.1, -0.05) is 18.5 Å². The highest BCUT2D eigenvalue weighted by Crippen LogP contribution is 2.36. The Morgan fingerprint density at radius 3 is 2.78 bits per heavy atom. The van der Waals surface area contributed by atoms with E-state index in [1.165, 1.54) is 0 Å². The van der Waals surface area contributed by atoms with E-state index in [9.17, 15) is 9.59 Å². The van der Waals surface area contributed by atoms with Gasteiger partial charge in [0.25, 0.3) is 0 Å². The zero-order valence-corrected chi connectivity index (χ0v) is 16.6. The number of fused-ring (bicyclic) bond motifs is 1. The molecule has 0 saturated carbocycles. The molecule has 1 fully saturated rings. The maximum atomic E-state index is 12.7. The lowest BCUT2D eigenvalue weighted by Crippen LogP contribution is -2.45. The van der Waals surface area contributed by atoms with E-state index in [1.807, 2.05) is 12.1 Å². The van der Waals surface area contributed by atoms with Crippen LogP contribution in [0.5, 0.6) is 0 Å². The summed E-state index contributed by atoms with van der Waals surface area (Å²) in [5.74, 6) is 1.52. The molecule has 2 aliphatic heterocycles. The lowest BCUT2D eigenvalue weighted by molar-refractivity contribution is -0.144. The fourth-order valence-electron chi connectivity index (χ4n) is 3.59. The van der Waals surface area contributed by atoms with Gasteiger partial charge in [-0.3, -0.25) is 9.59 Å². The first-order valence-corrected chi connectivity index (χ1v) is 10.6. The first-order valence-electron chi connectivity index (χ1n) is 9.07. The van der Waals surface area contributed by atoms with Crippen molar-refractivity contribution in [2.75, 3.05) is 18.4 Å². The molecule has 3 heterocycles. The fraction of sp³-hybridized carbons (Fsp3) is 0.421. The number of aromatic nitrogens is 2. The van der Waals surface area contributed by atoms with Gasteiger partial charge in [0, 0.05) is 35.2 Å². The van der Waals surface area contributed by atoms with Crippen molar-refractivity contribution in [2.45, 2.75) is 31.3 Å². The summed E-state index contributed by atoms with van der Waals surface area (Å²) in [6, 6.07) is 7.26. The van der Waals surface area contributed by atoms with Crippen molar-refractivity contribution in [3.05, 3.63) is 40.5 Å². The number of nitrogens with one attached hydrogen (secondary N) is 1. The van der Waals surface area contributed by atoms with Gasteiger partial charge in [0.05, 0.1) is 11.4 Å². The number of thioether (sulfide) groups is 1. The SMILES string of the molecule is C[C@@H]1CCCN(C(=O)C(=O)Nc2c3c(nn2-c2ccc(Cl)cc2)CSC3)C1. The smallest absolute Gasteiger partial charge is 0.315 e. The molecule has 1 saturated heterocycles. The molecule has 27 heavy (non-hydrogen) atoms. The first kappa shape index (κ1) is 18.4. The average Bonchev–Trinajstić information content (AvgIpc) is 3.24. The summed E-state index contributed by atoms with van der Waals surface area (Å²) in [5.41, 5.74) is 2.74. The van der Waals surface area contributed by atoms with Crippen molar-refractivity contribution in [3.63, 3.8) is 0 Å². The lowest BCUT2D eigenvalue weighted by atomic mass is 10.0. The Hall–Kier alpha value is -1.99. The molecule has 1 atom stereocenters. The number of piperidine rings is 1. The quantitative estimate of drug-likeness (QED) is 0.778. The molecule has 2 amide bonds. The third-order valence-electron chi connectivity index (χ3n) is 4.99. The minimum atomic E-state index is -0.598. The summed E-state index contributed by atoms with van der Waals surface area (Å²) < 4.78 is 1.70. The number of rotatable bonds is 2. The summed E-state index contributed by atoms with van der Waals surface area (Å²) >= 11 is 7.73. The Bertz CT molecular complexity index is 881. The van der Waals surface area contributed by atoms with Crippen LogP contribution in [0.15, 0.2) is 24.3 Å². The molecule has 4 rings (SSSR count). The maximum absolute atomic E-state index is 12.7. The summed E-state index contributed by atoms with van der Waals surface area (Å²) in [7, 11) is 0. The van der Waals surface area contributed by atoms with Crippen molar-refractivity contribution < 1.29 is 9.59 Å². The van der Waals surface area contributed by atoms with Crippen LogP contribution in [-0.2, 0) is 21.1 Å². The maximum Gasteiger partial charge on any atom is 0.315 e. The van der Waals surface area contributed by atoms with Crippen LogP contribution in [-0.4, -0.2) is 39.6 Å². The molecule has 0 unspecified atom stereocenters. The zero-order valence-electron chi connectivity index (χ0n) is 15.1. The molecule has 8 heteroatoms. The van der Waals surface area contributed by atoms with Gasteiger partial charge in [0.2, 0.25) is 0 Å². The summed E-state index contributed by atoms with van der Waals surface area (Å²) in [5, 5.41) is 8.11. The van der Waals surface area contributed by atoms with Gasteiger partial charge < -0.3 is 10.2 Å². The van der Waals surface area contributed by atoms with Crippen molar-refractivity contribution in [1.82, 2.24) is 14.7 Å². The number of hydrogen-bond acceptors (Lipinski definition) is 4. The topological polar surface area (TPSA) is 67.2 Å². The Balaban J connectivity index is 1.60. The van der Waals surface area contributed by atoms with Crippen LogP contribution in [0.4, 0.5) is 5.82 Å². The number of benzene rings is 1. The van der Waals surface area contributed by atoms with E-state index in [2.05, 4.69) is 17.3 Å². The molecule has 0 aliphatic carbocycles. The normalized spacial score (nSPS) is 19.0. The van der Waals surface area contributed by atoms with E-state index >= 15 is 0 Å². The van der Waals surface area contributed by atoms with Gasteiger partial charge in [-0.25, -0.2) is 4.68 Å². The molecule has 1 aromatic carbocycles. The van der Waals surface area contributed by atoms with Crippen LogP contribution < -0.4 is 5.32 Å². The minimum Gasteiger partial charge on any atom is -0.334 e. The number of amides is 2. The second kappa shape index (κ2) is 7.56. The fourth-order valence-corrected chi connectivity index (χ4v) is 4.75. The third kappa shape index (κ3) is 3.71. The standard InChI is InChI=1S/C19H21ClN4O2S/c1-12-3-2-8-23(9-12)19(26)18(25)21-17-15-10-27-11-16(15)22-24(17)14-6-4-13(20)5-7-14/h4-7,12H,2-3,8-11H2,1H3,(H,21,25)/t12-/m1/s1. The lowest BCUT2D eigenvalue weighted by Gasteiger charge is -2.30. The highest BCUT2D eigenvalue weighted by molar-refractivity contribution is 7.98. The van der Waals surface area contributed by atoms with Crippen molar-refractivity contribution in [3.8, 4) is 5.69 Å². The van der Waals surface area contributed by atoms with Gasteiger partial charge in [0.1, 0.15) is 5.82 Å². The van der Waals surface area contributed by atoms with Gasteiger partial charge in [-0.2, -0.15) is 16.9 Å². The van der Waals surface area contributed by atoms with E-state index in [0.29, 0.717) is 29.8 Å². The van der Waals surface area contributed by atoms with Gasteiger partial charge >= 0.3 is 11.8 Å². The van der Waals surface area contributed by atoms with Crippen LogP contribution >= 0.6 is 23.4 Å². The molecular weight excluding hydrogens is 384 g/mol. The van der Waals surface area contributed by atoms with E-state index in [0.717, 1.165) is 41.3 Å². The van der Waals surface area contributed by atoms with Crippen LogP contribution in [0, 0.1) is 5.92 Å². The predicted octanol–water partition coefficient (Wildman–Crippen LogP) is 3.47. The molecule has 0 spiro atoms. The van der Waals surface area contributed by atoms with Crippen LogP contribution in [0.2, 0.25) is 5.02 Å². The first-order chi connectivity index (χ1) is 13.0. The Labute approximate surface area is 167 Å². The number of likely N-dealkylation sites (tertiary alicyclic amines) is 1. The Kier molecular flexibility index (Phi) is 5.14. The number of nitrogens with zero attached hydrogens (tertiary/aromatic N) is 3. The molecule has 6 nitrogen and oxygen atoms in total. The number of halogens is 1. The molecule has 2 aliphatic rings. The van der Waals surface area contributed by atoms with Crippen LogP contribution in [0.25, 0.3) is 5.69 Å². The van der Waals surface area contributed by atoms with E-state index < -0.39 is 11.8 Å². The van der Waals surface area contributed by atoms with Gasteiger partial charge in [0.15, 0.2) is 0 Å². The van der Waals surface area contributed by atoms with Crippen LogP contribution in [0.1, 0.15) is 31.0 Å². The van der Waals surface area contributed by atoms with Crippen molar-refractivity contribution >= 4 is 41.0 Å². The molecule has 2 aromatic rings. The number of hydrogen-bond donors (Lipinski definition) is 1. The zero-order chi connectivity index (χ0) is 19.0. The van der Waals surface area contributed by atoms with Gasteiger partial charge in [-0.15, -0.1) is 0 Å². The van der Waals surface area contributed by atoms with Crippen molar-refractivity contribution in [2.24, 2.45) is 5.92 Å². The Morgan fingerprint density at radius 2 is 2.04 bits per heavy atom. The van der Waals surface area contributed by atoms with E-state index in [-0.39, 0.29) is 0 Å². The summed E-state index contributed by atoms with van der Waals surface area (Å²) in [6.07, 6.45) is 2.04. The number of anilines is 1. The Morgan fingerprint density at radius 1 is 1.26 bits per heavy atom. The summed E-state index contributed by atoms with van der Waals surface area (Å²) in [4.78, 5) is 27.0. The molecular formula is C19H21ClN4O2S. The minimum absolute atomic E-state index is 0.427. The highest BCUT2D eigenvalue weighted by Gasteiger charge is 2.30.